The minimum Gasteiger partial charge on any atom is -0.273 e. The Morgan fingerprint density at radius 2 is 2.00 bits per heavy atom. The van der Waals surface area contributed by atoms with Crippen LogP contribution in [0.1, 0.15) is 20.3 Å². The van der Waals surface area contributed by atoms with Gasteiger partial charge in [-0.25, -0.2) is 0 Å². The van der Waals surface area contributed by atoms with Crippen LogP contribution in [0.2, 0.25) is 0 Å². The molecule has 0 bridgehead atoms. The number of nitrogens with one attached hydrogen (secondary N) is 2. The van der Waals surface area contributed by atoms with Gasteiger partial charge in [-0.15, -0.1) is 11.6 Å². The minimum absolute atomic E-state index is 0.240. The molecule has 64 valence electrons. The third-order valence-corrected chi connectivity index (χ3v) is 1.21. The van der Waals surface area contributed by atoms with E-state index in [1.165, 1.54) is 6.92 Å². The number of rotatable bonds is 2. The van der Waals surface area contributed by atoms with Gasteiger partial charge in [-0.1, -0.05) is 6.92 Å². The van der Waals surface area contributed by atoms with Gasteiger partial charge in [-0.05, 0) is 6.92 Å². The van der Waals surface area contributed by atoms with Crippen LogP contribution in [0, 0.1) is 0 Å². The van der Waals surface area contributed by atoms with E-state index in [1.807, 2.05) is 0 Å². The standard InChI is InChI=1S/C6H11ClN2O2/c1-3-5(10)8-9-6(11)4(2)7/h4H,3H2,1-2H3,(H,8,10)(H,9,11)/t4-/m1/s1. The van der Waals surface area contributed by atoms with Crippen molar-refractivity contribution in [1.29, 1.82) is 0 Å². The molecule has 0 aromatic heterocycles. The van der Waals surface area contributed by atoms with Gasteiger partial charge in [0.1, 0.15) is 5.38 Å². The van der Waals surface area contributed by atoms with Gasteiger partial charge in [-0.3, -0.25) is 20.4 Å². The maximum absolute atomic E-state index is 10.7. The maximum Gasteiger partial charge on any atom is 0.256 e. The number of halogens is 1. The van der Waals surface area contributed by atoms with E-state index < -0.39 is 11.3 Å². The SMILES string of the molecule is CCC(=O)NNC(=O)[C@@H](C)Cl. The number of hydrogen-bond donors (Lipinski definition) is 2. The summed E-state index contributed by atoms with van der Waals surface area (Å²) in [7, 11) is 0. The van der Waals surface area contributed by atoms with Gasteiger partial charge in [-0.2, -0.15) is 0 Å². The van der Waals surface area contributed by atoms with Crippen molar-refractivity contribution in [2.45, 2.75) is 25.6 Å². The molecule has 0 rings (SSSR count). The predicted octanol–water partition coefficient (Wildman–Crippen LogP) is 0.171. The second-order valence-electron chi connectivity index (χ2n) is 2.01. The molecule has 0 spiro atoms. The zero-order valence-electron chi connectivity index (χ0n) is 6.48. The molecule has 0 saturated heterocycles. The fraction of sp³-hybridized carbons (Fsp3) is 0.667. The lowest BCUT2D eigenvalue weighted by Gasteiger charge is -2.06. The summed E-state index contributed by atoms with van der Waals surface area (Å²) >= 11 is 5.39. The summed E-state index contributed by atoms with van der Waals surface area (Å²) in [6.07, 6.45) is 0.330. The molecule has 1 atom stereocenters. The second-order valence-corrected chi connectivity index (χ2v) is 2.66. The van der Waals surface area contributed by atoms with Gasteiger partial charge in [0.05, 0.1) is 0 Å². The summed E-state index contributed by atoms with van der Waals surface area (Å²) in [5, 5.41) is -0.632. The summed E-state index contributed by atoms with van der Waals surface area (Å²) in [5.41, 5.74) is 4.35. The van der Waals surface area contributed by atoms with E-state index in [9.17, 15) is 9.59 Å². The van der Waals surface area contributed by atoms with Crippen LogP contribution in [0.25, 0.3) is 0 Å². The third kappa shape index (κ3) is 4.61. The van der Waals surface area contributed by atoms with Crippen molar-refractivity contribution in [3.8, 4) is 0 Å². The third-order valence-electron chi connectivity index (χ3n) is 1.01. The average molecular weight is 179 g/mol. The normalized spacial score (nSPS) is 11.9. The lowest BCUT2D eigenvalue weighted by molar-refractivity contribution is -0.128. The highest BCUT2D eigenvalue weighted by Crippen LogP contribution is 1.90. The van der Waals surface area contributed by atoms with Crippen LogP contribution >= 0.6 is 11.6 Å². The molecule has 0 aromatic rings. The Hall–Kier alpha value is -0.770. The first-order chi connectivity index (χ1) is 5.07. The van der Waals surface area contributed by atoms with Crippen LogP contribution in [-0.4, -0.2) is 17.2 Å². The monoisotopic (exact) mass is 178 g/mol. The van der Waals surface area contributed by atoms with E-state index in [1.54, 1.807) is 6.92 Å². The first-order valence-corrected chi connectivity index (χ1v) is 3.74. The molecular weight excluding hydrogens is 168 g/mol. The Bertz CT molecular complexity index is 159. The summed E-state index contributed by atoms with van der Waals surface area (Å²) in [6, 6.07) is 0. The van der Waals surface area contributed by atoms with Crippen LogP contribution in [0.5, 0.6) is 0 Å². The number of carbonyl (C=O) groups excluding carboxylic acids is 2. The first-order valence-electron chi connectivity index (χ1n) is 3.30. The highest BCUT2D eigenvalue weighted by atomic mass is 35.5. The van der Waals surface area contributed by atoms with Gasteiger partial charge < -0.3 is 0 Å². The van der Waals surface area contributed by atoms with Crippen LogP contribution in [0.3, 0.4) is 0 Å². The predicted molar refractivity (Wildman–Crippen MR) is 41.9 cm³/mol. The van der Waals surface area contributed by atoms with E-state index in [4.69, 9.17) is 11.6 Å². The number of amides is 2. The van der Waals surface area contributed by atoms with Gasteiger partial charge in [0.25, 0.3) is 5.91 Å². The zero-order valence-corrected chi connectivity index (χ0v) is 7.23. The Balaban J connectivity index is 3.54. The summed E-state index contributed by atoms with van der Waals surface area (Å²) in [6.45, 7) is 3.21. The molecule has 0 fully saturated rings. The molecule has 0 radical (unpaired) electrons. The molecule has 0 unspecified atom stereocenters. The zero-order chi connectivity index (χ0) is 8.85. The quantitative estimate of drug-likeness (QED) is 0.468. The van der Waals surface area contributed by atoms with E-state index in [0.29, 0.717) is 6.42 Å². The summed E-state index contributed by atoms with van der Waals surface area (Å²) < 4.78 is 0. The Morgan fingerprint density at radius 1 is 1.45 bits per heavy atom. The van der Waals surface area contributed by atoms with Gasteiger partial charge in [0.15, 0.2) is 0 Å². The van der Waals surface area contributed by atoms with Crippen LogP contribution in [0.15, 0.2) is 0 Å². The van der Waals surface area contributed by atoms with E-state index in [-0.39, 0.29) is 5.91 Å². The van der Waals surface area contributed by atoms with Crippen molar-refractivity contribution in [3.05, 3.63) is 0 Å². The van der Waals surface area contributed by atoms with Gasteiger partial charge in [0.2, 0.25) is 5.91 Å². The highest BCUT2D eigenvalue weighted by molar-refractivity contribution is 6.30. The molecule has 0 aromatic carbocycles. The Morgan fingerprint density at radius 3 is 2.36 bits per heavy atom. The molecule has 0 aliphatic rings. The number of alkyl halides is 1. The van der Waals surface area contributed by atoms with Crippen molar-refractivity contribution in [2.75, 3.05) is 0 Å². The van der Waals surface area contributed by atoms with E-state index in [2.05, 4.69) is 10.9 Å². The largest absolute Gasteiger partial charge is 0.273 e. The fourth-order valence-corrected chi connectivity index (χ4v) is 0.374. The summed E-state index contributed by atoms with van der Waals surface area (Å²) in [4.78, 5) is 21.3. The lowest BCUT2D eigenvalue weighted by atomic mass is 10.4. The molecule has 0 saturated carbocycles. The van der Waals surface area contributed by atoms with E-state index in [0.717, 1.165) is 0 Å². The minimum atomic E-state index is -0.632. The number of carbonyl (C=O) groups is 2. The van der Waals surface area contributed by atoms with Crippen molar-refractivity contribution in [2.24, 2.45) is 0 Å². The molecule has 11 heavy (non-hydrogen) atoms. The van der Waals surface area contributed by atoms with Gasteiger partial charge >= 0.3 is 0 Å². The molecule has 0 aliphatic heterocycles. The van der Waals surface area contributed by atoms with Crippen molar-refractivity contribution >= 4 is 23.4 Å². The maximum atomic E-state index is 10.7. The molecule has 5 heteroatoms. The van der Waals surface area contributed by atoms with Crippen molar-refractivity contribution in [3.63, 3.8) is 0 Å². The molecule has 0 heterocycles. The fourth-order valence-electron chi connectivity index (χ4n) is 0.319. The molecule has 4 nitrogen and oxygen atoms in total. The number of hydrogen-bond acceptors (Lipinski definition) is 2. The second kappa shape index (κ2) is 4.96. The lowest BCUT2D eigenvalue weighted by Crippen LogP contribution is -2.44. The van der Waals surface area contributed by atoms with Crippen molar-refractivity contribution in [1.82, 2.24) is 10.9 Å². The molecular formula is C6H11ClN2O2. The Labute approximate surface area is 70.3 Å². The van der Waals surface area contributed by atoms with Crippen LogP contribution < -0.4 is 10.9 Å². The van der Waals surface area contributed by atoms with Crippen molar-refractivity contribution < 1.29 is 9.59 Å². The molecule has 2 amide bonds. The first kappa shape index (κ1) is 10.2. The molecule has 0 aliphatic carbocycles. The van der Waals surface area contributed by atoms with Gasteiger partial charge in [0, 0.05) is 6.42 Å². The average Bonchev–Trinajstić information content (AvgIpc) is 1.99. The van der Waals surface area contributed by atoms with E-state index >= 15 is 0 Å². The van der Waals surface area contributed by atoms with Crippen LogP contribution in [0.4, 0.5) is 0 Å². The molecule has 2 N–H and O–H groups in total. The van der Waals surface area contributed by atoms with Crippen LogP contribution in [-0.2, 0) is 9.59 Å². The number of hydrazine groups is 1. The smallest absolute Gasteiger partial charge is 0.256 e. The summed E-state index contributed by atoms with van der Waals surface area (Å²) in [5.74, 6) is -0.649. The Kier molecular flexibility index (Phi) is 4.61. The highest BCUT2D eigenvalue weighted by Gasteiger charge is 2.08. The topological polar surface area (TPSA) is 58.2 Å².